The Labute approximate surface area is 377 Å². The van der Waals surface area contributed by atoms with Crippen molar-refractivity contribution in [2.45, 2.75) is 6.42 Å². The second-order valence-corrected chi connectivity index (χ2v) is 18.8. The van der Waals surface area contributed by atoms with E-state index in [2.05, 4.69) is 72.0 Å². The Kier molecular flexibility index (Phi) is 9.33. The molecule has 0 spiro atoms. The molecule has 1 aliphatic carbocycles. The fraction of sp³-hybridized carbons (Fsp3) is 0.0638. The van der Waals surface area contributed by atoms with Crippen molar-refractivity contribution in [3.63, 3.8) is 0 Å². The molecule has 282 valence electrons. The average molecular weight is 852 g/mol. The monoisotopic (exact) mass is 851 g/mol. The molecule has 0 unspecified atom stereocenters. The number of carbonyl (C=O) groups is 4. The van der Waals surface area contributed by atoms with Crippen LogP contribution in [0.15, 0.2) is 144 Å². The van der Waals surface area contributed by atoms with Crippen LogP contribution in [0, 0.1) is 0 Å². The number of Topliss-reactive ketones (excluding diaryl/α,β-unsaturated/α-hetero) is 1. The summed E-state index contributed by atoms with van der Waals surface area (Å²) in [5.41, 5.74) is 5.10. The number of hydrogen-bond donors (Lipinski definition) is 1. The topological polar surface area (TPSA) is 86.8 Å². The molecule has 3 amide bonds. The molecule has 0 bridgehead atoms. The van der Waals surface area contributed by atoms with Gasteiger partial charge in [0.1, 0.15) is 0 Å². The van der Waals surface area contributed by atoms with Crippen LogP contribution >= 0.6 is 45.3 Å². The van der Waals surface area contributed by atoms with Crippen molar-refractivity contribution in [2.24, 2.45) is 0 Å². The fourth-order valence-corrected chi connectivity index (χ4v) is 12.8. The molecule has 0 saturated carbocycles. The van der Waals surface area contributed by atoms with Gasteiger partial charge in [-0.2, -0.15) is 0 Å². The number of likely N-dealkylation sites (N-methyl/N-ethyl adjacent to an activating group) is 2. The van der Waals surface area contributed by atoms with Crippen molar-refractivity contribution in [1.29, 1.82) is 0 Å². The standard InChI is InChI=1S/C24H16N2O2S2.C23H13NO2S2.Na.H/c1-25-21(17-11-13-7-3-5-9-15(13)29-17)19-20(23(25)27)22(26(2)24(19)28)18-12-14-8-4-6-10-16(14)30-18;25-15-11-14(18-9-12-5-1-3-7-16(12)27-18)20-21(15)22(24-23(20)26)19-10-13-6-2-4-8-17(13)28-19;;/h3-12H,1-2H3;1-10H,11H2,(H,24,26);;/q;;+1;-1. The normalized spacial score (nSPS) is 16.4. The summed E-state index contributed by atoms with van der Waals surface area (Å²) in [6.07, 6.45) is 0.291. The first-order valence-electron chi connectivity index (χ1n) is 18.6. The molecule has 1 N–H and O–H groups in total. The molecule has 0 atom stereocenters. The van der Waals surface area contributed by atoms with Crippen LogP contribution < -0.4 is 34.9 Å². The Balaban J connectivity index is 0.000000149. The molecular weight excluding hydrogens is 822 g/mol. The molecule has 7 nitrogen and oxygen atoms in total. The van der Waals surface area contributed by atoms with Gasteiger partial charge in [-0.05, 0) is 75.6 Å². The number of carbonyl (C=O) groups excluding carboxylic acids is 4. The molecule has 12 heteroatoms. The summed E-state index contributed by atoms with van der Waals surface area (Å²) in [5.74, 6) is -0.390. The smallest absolute Gasteiger partial charge is 1.00 e. The van der Waals surface area contributed by atoms with Crippen LogP contribution in [0.5, 0.6) is 0 Å². The van der Waals surface area contributed by atoms with Gasteiger partial charge in [0.15, 0.2) is 5.78 Å². The Bertz CT molecular complexity index is 2970. The van der Waals surface area contributed by atoms with Gasteiger partial charge in [0, 0.05) is 44.2 Å². The number of benzene rings is 4. The minimum atomic E-state index is -0.166. The minimum Gasteiger partial charge on any atom is -1.00 e. The van der Waals surface area contributed by atoms with E-state index in [0.29, 0.717) is 45.8 Å². The third kappa shape index (κ3) is 5.98. The summed E-state index contributed by atoms with van der Waals surface area (Å²) in [5, 5.41) is 7.47. The van der Waals surface area contributed by atoms with Gasteiger partial charge in [-0.1, -0.05) is 72.8 Å². The van der Waals surface area contributed by atoms with Gasteiger partial charge in [0.25, 0.3) is 17.7 Å². The first-order chi connectivity index (χ1) is 28.2. The van der Waals surface area contributed by atoms with E-state index >= 15 is 0 Å². The first-order valence-corrected chi connectivity index (χ1v) is 21.8. The number of allylic oxidation sites excluding steroid dienone is 1. The summed E-state index contributed by atoms with van der Waals surface area (Å²) in [4.78, 5) is 59.5. The van der Waals surface area contributed by atoms with Crippen molar-refractivity contribution in [3.8, 4) is 0 Å². The molecule has 12 rings (SSSR count). The molecule has 4 aliphatic rings. The number of ketones is 1. The second kappa shape index (κ2) is 14.5. The molecule has 0 saturated heterocycles. The minimum absolute atomic E-state index is 0. The Hall–Kier alpha value is -5.24. The van der Waals surface area contributed by atoms with Crippen LogP contribution in [0.2, 0.25) is 0 Å². The zero-order valence-electron chi connectivity index (χ0n) is 32.9. The molecule has 7 heterocycles. The molecule has 0 radical (unpaired) electrons. The third-order valence-electron chi connectivity index (χ3n) is 11.0. The van der Waals surface area contributed by atoms with Crippen LogP contribution in [0.1, 0.15) is 27.4 Å². The number of amides is 3. The van der Waals surface area contributed by atoms with Gasteiger partial charge in [-0.3, -0.25) is 19.2 Å². The summed E-state index contributed by atoms with van der Waals surface area (Å²) < 4.78 is 4.59. The van der Waals surface area contributed by atoms with E-state index in [4.69, 9.17) is 0 Å². The zero-order valence-corrected chi connectivity index (χ0v) is 37.2. The summed E-state index contributed by atoms with van der Waals surface area (Å²) in [6.45, 7) is 0. The Morgan fingerprint density at radius 2 is 0.864 bits per heavy atom. The van der Waals surface area contributed by atoms with E-state index in [-0.39, 0.29) is 54.5 Å². The van der Waals surface area contributed by atoms with E-state index < -0.39 is 0 Å². The van der Waals surface area contributed by atoms with Crippen LogP contribution in [0.3, 0.4) is 0 Å². The second-order valence-electron chi connectivity index (χ2n) is 14.4. The van der Waals surface area contributed by atoms with E-state index in [1.165, 1.54) is 4.70 Å². The maximum Gasteiger partial charge on any atom is 1.00 e. The molecule has 3 aliphatic heterocycles. The number of fused-ring (bicyclic) bond motifs is 6. The molecule has 0 fully saturated rings. The molecule has 4 aromatic heterocycles. The van der Waals surface area contributed by atoms with Crippen LogP contribution in [-0.4, -0.2) is 47.4 Å². The predicted molar refractivity (Wildman–Crippen MR) is 239 cm³/mol. The van der Waals surface area contributed by atoms with Crippen molar-refractivity contribution in [3.05, 3.63) is 163 Å². The number of thiophene rings is 4. The zero-order chi connectivity index (χ0) is 39.4. The number of nitrogens with zero attached hydrogens (tertiary/aromatic N) is 2. The summed E-state index contributed by atoms with van der Waals surface area (Å²) in [7, 11) is 3.52. The van der Waals surface area contributed by atoms with E-state index in [1.807, 2.05) is 54.6 Å². The number of nitrogens with one attached hydrogen (secondary N) is 1. The number of hydrogen-bond acceptors (Lipinski definition) is 8. The van der Waals surface area contributed by atoms with Gasteiger partial charge in [0.2, 0.25) is 0 Å². The molecule has 8 aromatic rings. The van der Waals surface area contributed by atoms with Crippen molar-refractivity contribution in [2.75, 3.05) is 14.1 Å². The Morgan fingerprint density at radius 3 is 1.31 bits per heavy atom. The largest absolute Gasteiger partial charge is 1.00 e. The fourth-order valence-electron chi connectivity index (χ4n) is 8.31. The van der Waals surface area contributed by atoms with E-state index in [1.54, 1.807) is 69.2 Å². The van der Waals surface area contributed by atoms with Gasteiger partial charge in [0.05, 0.1) is 54.0 Å². The summed E-state index contributed by atoms with van der Waals surface area (Å²) >= 11 is 6.46. The summed E-state index contributed by atoms with van der Waals surface area (Å²) in [6, 6.07) is 40.8. The molecular formula is C47H30N3NaO4S4. The first kappa shape index (κ1) is 38.0. The molecule has 4 aromatic carbocycles. The van der Waals surface area contributed by atoms with Gasteiger partial charge < -0.3 is 16.5 Å². The quantitative estimate of drug-likeness (QED) is 0.184. The molecule has 59 heavy (non-hydrogen) atoms. The van der Waals surface area contributed by atoms with Crippen molar-refractivity contribution >= 4 is 132 Å². The maximum absolute atomic E-state index is 13.3. The van der Waals surface area contributed by atoms with Gasteiger partial charge >= 0.3 is 29.6 Å². The average Bonchev–Trinajstić information content (AvgIpc) is 4.10. The van der Waals surface area contributed by atoms with Gasteiger partial charge in [-0.25, -0.2) is 0 Å². The van der Waals surface area contributed by atoms with Crippen molar-refractivity contribution in [1.82, 2.24) is 15.1 Å². The van der Waals surface area contributed by atoms with E-state index in [0.717, 1.165) is 60.7 Å². The van der Waals surface area contributed by atoms with Crippen LogP contribution in [0.4, 0.5) is 0 Å². The SMILES string of the molecule is CN1C(=O)C2=C(c3cc4ccccc4s3)N(C)C(=O)C2=C1c1cc2ccccc2s1.O=C1CC(c2cc3ccccc3s2)=C2C(=O)NC(c3cc4ccccc4s3)=C12.[H-].[Na+]. The van der Waals surface area contributed by atoms with E-state index in [9.17, 15) is 19.2 Å². The third-order valence-corrected chi connectivity index (χ3v) is 15.6. The van der Waals surface area contributed by atoms with Crippen molar-refractivity contribution < 1.29 is 50.2 Å². The maximum atomic E-state index is 13.3. The van der Waals surface area contributed by atoms with Crippen LogP contribution in [0.25, 0.3) is 63.0 Å². The number of rotatable bonds is 4. The van der Waals surface area contributed by atoms with Crippen LogP contribution in [-0.2, 0) is 19.2 Å². The van der Waals surface area contributed by atoms with Gasteiger partial charge in [-0.15, -0.1) is 45.3 Å². The Morgan fingerprint density at radius 1 is 0.492 bits per heavy atom. The predicted octanol–water partition coefficient (Wildman–Crippen LogP) is 7.68.